The third kappa shape index (κ3) is 3.89. The summed E-state index contributed by atoms with van der Waals surface area (Å²) >= 11 is 7.82. The zero-order chi connectivity index (χ0) is 25.7. The maximum absolute atomic E-state index is 15.4. The van der Waals surface area contributed by atoms with Crippen molar-refractivity contribution in [1.29, 1.82) is 0 Å². The molecule has 0 fully saturated rings. The Hall–Kier alpha value is -3.69. The summed E-state index contributed by atoms with van der Waals surface area (Å²) in [5.41, 5.74) is 3.56. The molecule has 0 amide bonds. The number of hydrogen-bond acceptors (Lipinski definition) is 7. The molecule has 1 aromatic heterocycles. The fourth-order valence-electron chi connectivity index (χ4n) is 4.86. The van der Waals surface area contributed by atoms with Crippen LogP contribution in [0.4, 0.5) is 10.3 Å². The van der Waals surface area contributed by atoms with E-state index in [2.05, 4.69) is 10.3 Å². The number of anilines is 1. The summed E-state index contributed by atoms with van der Waals surface area (Å²) in [4.78, 5) is 4.65. The van der Waals surface area contributed by atoms with E-state index in [4.69, 9.17) is 30.9 Å². The number of nitrogens with one attached hydrogen (secondary N) is 1. The number of aromatic nitrogens is 3. The van der Waals surface area contributed by atoms with Crippen molar-refractivity contribution in [2.45, 2.75) is 17.3 Å². The summed E-state index contributed by atoms with van der Waals surface area (Å²) in [6, 6.07) is 17.1. The van der Waals surface area contributed by atoms with Gasteiger partial charge in [-0.25, -0.2) is 9.07 Å². The van der Waals surface area contributed by atoms with Crippen LogP contribution in [0.3, 0.4) is 0 Å². The fourth-order valence-corrected chi connectivity index (χ4v) is 5.38. The van der Waals surface area contributed by atoms with E-state index < -0.39 is 12.1 Å². The quantitative estimate of drug-likeness (QED) is 0.297. The van der Waals surface area contributed by atoms with Crippen molar-refractivity contribution in [3.8, 4) is 17.2 Å². The smallest absolute Gasteiger partial charge is 0.227 e. The number of thioether (sulfide) groups is 1. The van der Waals surface area contributed by atoms with Crippen LogP contribution < -0.4 is 19.5 Å². The van der Waals surface area contributed by atoms with E-state index >= 15 is 4.39 Å². The number of hydrogen-bond donors (Lipinski definition) is 1. The van der Waals surface area contributed by atoms with E-state index in [1.165, 1.54) is 17.8 Å². The Morgan fingerprint density at radius 1 is 1.05 bits per heavy atom. The van der Waals surface area contributed by atoms with Gasteiger partial charge in [-0.2, -0.15) is 4.98 Å². The maximum Gasteiger partial charge on any atom is 0.227 e. The Kier molecular flexibility index (Phi) is 5.97. The molecule has 4 aromatic rings. The number of nitrogens with zero attached hydrogens (tertiary/aromatic N) is 3. The molecule has 0 bridgehead atoms. The zero-order valence-corrected chi connectivity index (χ0v) is 21.7. The third-order valence-corrected chi connectivity index (χ3v) is 7.28. The molecule has 37 heavy (non-hydrogen) atoms. The van der Waals surface area contributed by atoms with Gasteiger partial charge < -0.3 is 19.5 Å². The fraction of sp³-hybridized carbons (Fsp3) is 0.185. The lowest BCUT2D eigenvalue weighted by Gasteiger charge is -2.39. The molecule has 6 rings (SSSR count). The largest absolute Gasteiger partial charge is 0.493 e. The van der Waals surface area contributed by atoms with Gasteiger partial charge in [-0.05, 0) is 42.7 Å². The molecule has 0 radical (unpaired) electrons. The molecule has 0 saturated heterocycles. The van der Waals surface area contributed by atoms with Crippen molar-refractivity contribution in [3.63, 3.8) is 0 Å². The Balaban J connectivity index is 1.64. The molecule has 2 atom stereocenters. The Labute approximate surface area is 222 Å². The topological polar surface area (TPSA) is 70.4 Å². The van der Waals surface area contributed by atoms with Crippen molar-refractivity contribution in [1.82, 2.24) is 14.8 Å². The maximum atomic E-state index is 15.4. The van der Waals surface area contributed by atoms with Gasteiger partial charge in [0.25, 0.3) is 0 Å². The van der Waals surface area contributed by atoms with Crippen LogP contribution >= 0.6 is 23.4 Å². The molecule has 3 heterocycles. The molecule has 1 N–H and O–H groups in total. The van der Waals surface area contributed by atoms with Crippen molar-refractivity contribution in [2.75, 3.05) is 25.8 Å². The van der Waals surface area contributed by atoms with Gasteiger partial charge in [-0.15, -0.1) is 5.10 Å². The average molecular weight is 537 g/mol. The van der Waals surface area contributed by atoms with Gasteiger partial charge in [0.1, 0.15) is 23.7 Å². The predicted molar refractivity (Wildman–Crippen MR) is 141 cm³/mol. The first-order valence-corrected chi connectivity index (χ1v) is 13.1. The molecule has 3 aromatic carbocycles. The van der Waals surface area contributed by atoms with Crippen molar-refractivity contribution >= 4 is 35.0 Å². The second kappa shape index (κ2) is 9.32. The van der Waals surface area contributed by atoms with Gasteiger partial charge in [0.05, 0.1) is 19.9 Å². The monoisotopic (exact) mass is 536 g/mol. The first-order valence-electron chi connectivity index (χ1n) is 11.5. The van der Waals surface area contributed by atoms with Gasteiger partial charge >= 0.3 is 0 Å². The number of methoxy groups -OCH3 is 2. The number of fused-ring (bicyclic) bond motifs is 3. The third-order valence-electron chi connectivity index (χ3n) is 6.51. The minimum atomic E-state index is -0.633. The van der Waals surface area contributed by atoms with Crippen LogP contribution in [-0.4, -0.2) is 35.2 Å². The van der Waals surface area contributed by atoms with Crippen LogP contribution in [0, 0.1) is 5.82 Å². The van der Waals surface area contributed by atoms with Gasteiger partial charge in [0.2, 0.25) is 11.1 Å². The van der Waals surface area contributed by atoms with E-state index in [9.17, 15) is 0 Å². The standard InChI is InChI=1S/C27H22ClFN4O3S/c1-34-20-10-8-14(12-21(20)35-2)25-22-23(17-13-15(28)9-11-19(17)36-25)30-26-31-27(37-3)32-33(26)24(22)16-6-4-5-7-18(16)29/h4-13,24-25H,1-3H3,(H,30,31,32)/t24-,25-/m0/s1. The lowest BCUT2D eigenvalue weighted by molar-refractivity contribution is 0.221. The molecular formula is C27H22ClFN4O3S. The summed E-state index contributed by atoms with van der Waals surface area (Å²) in [6.07, 6.45) is 1.30. The normalized spacial score (nSPS) is 17.8. The highest BCUT2D eigenvalue weighted by Gasteiger charge is 2.42. The molecular weight excluding hydrogens is 515 g/mol. The summed E-state index contributed by atoms with van der Waals surface area (Å²) in [6.45, 7) is 0. The molecule has 0 aliphatic carbocycles. The zero-order valence-electron chi connectivity index (χ0n) is 20.2. The SMILES string of the molecule is COc1ccc([C@@H]2Oc3ccc(Cl)cc3C3=C2[C@H](c2ccccc2F)n2nc(SC)nc2N3)cc1OC. The first kappa shape index (κ1) is 23.7. The minimum Gasteiger partial charge on any atom is -0.493 e. The van der Waals surface area contributed by atoms with Crippen LogP contribution in [0.1, 0.15) is 28.8 Å². The summed E-state index contributed by atoms with van der Waals surface area (Å²) in [5, 5.41) is 9.27. The van der Waals surface area contributed by atoms with Gasteiger partial charge in [-0.1, -0.05) is 47.6 Å². The van der Waals surface area contributed by atoms with Gasteiger partial charge in [0, 0.05) is 27.3 Å². The minimum absolute atomic E-state index is 0.351. The number of halogens is 2. The molecule has 2 aliphatic rings. The molecule has 0 saturated carbocycles. The molecule has 2 aliphatic heterocycles. The van der Waals surface area contributed by atoms with E-state index in [-0.39, 0.29) is 5.82 Å². The average Bonchev–Trinajstić information content (AvgIpc) is 3.34. The second-order valence-corrected chi connectivity index (χ2v) is 9.71. The highest BCUT2D eigenvalue weighted by molar-refractivity contribution is 7.98. The number of rotatable bonds is 5. The Morgan fingerprint density at radius 3 is 2.62 bits per heavy atom. The molecule has 0 unspecified atom stereocenters. The molecule has 7 nitrogen and oxygen atoms in total. The molecule has 0 spiro atoms. The van der Waals surface area contributed by atoms with Crippen molar-refractivity contribution in [2.24, 2.45) is 0 Å². The summed E-state index contributed by atoms with van der Waals surface area (Å²) in [7, 11) is 3.17. The Bertz CT molecular complexity index is 1560. The van der Waals surface area contributed by atoms with Crippen LogP contribution in [0.15, 0.2) is 71.4 Å². The van der Waals surface area contributed by atoms with Crippen molar-refractivity contribution in [3.05, 3.63) is 93.8 Å². The van der Waals surface area contributed by atoms with E-state index in [1.54, 1.807) is 37.1 Å². The number of ether oxygens (including phenoxy) is 3. The predicted octanol–water partition coefficient (Wildman–Crippen LogP) is 6.37. The molecule has 10 heteroatoms. The van der Waals surface area contributed by atoms with Crippen LogP contribution in [0.2, 0.25) is 5.02 Å². The summed E-state index contributed by atoms with van der Waals surface area (Å²) < 4.78 is 34.8. The van der Waals surface area contributed by atoms with E-state index in [0.29, 0.717) is 38.9 Å². The van der Waals surface area contributed by atoms with Gasteiger partial charge in [-0.3, -0.25) is 0 Å². The summed E-state index contributed by atoms with van der Waals surface area (Å²) in [5.74, 6) is 1.95. The highest BCUT2D eigenvalue weighted by atomic mass is 35.5. The number of benzene rings is 3. The second-order valence-electron chi connectivity index (χ2n) is 8.50. The molecule has 188 valence electrons. The first-order chi connectivity index (χ1) is 18.0. The van der Waals surface area contributed by atoms with Crippen molar-refractivity contribution < 1.29 is 18.6 Å². The van der Waals surface area contributed by atoms with Crippen LogP contribution in [0.25, 0.3) is 5.70 Å². The lowest BCUT2D eigenvalue weighted by atomic mass is 9.84. The van der Waals surface area contributed by atoms with E-state index in [0.717, 1.165) is 22.4 Å². The lowest BCUT2D eigenvalue weighted by Crippen LogP contribution is -2.32. The highest BCUT2D eigenvalue weighted by Crippen LogP contribution is 2.52. The Morgan fingerprint density at radius 2 is 1.86 bits per heavy atom. The van der Waals surface area contributed by atoms with Gasteiger partial charge in [0.15, 0.2) is 11.5 Å². The van der Waals surface area contributed by atoms with Crippen LogP contribution in [0.5, 0.6) is 17.2 Å². The van der Waals surface area contributed by atoms with Crippen LogP contribution in [-0.2, 0) is 0 Å². The van der Waals surface area contributed by atoms with E-state index in [1.807, 2.05) is 42.7 Å².